The SMILES string of the molecule is CCOc1cccc(CN(C)C2CCCCC2CN)c1O. The van der Waals surface area contributed by atoms with Crippen LogP contribution < -0.4 is 10.5 Å². The van der Waals surface area contributed by atoms with E-state index in [9.17, 15) is 5.11 Å². The van der Waals surface area contributed by atoms with Crippen molar-refractivity contribution in [2.45, 2.75) is 45.2 Å². The smallest absolute Gasteiger partial charge is 0.162 e. The maximum Gasteiger partial charge on any atom is 0.162 e. The summed E-state index contributed by atoms with van der Waals surface area (Å²) in [5, 5.41) is 10.3. The summed E-state index contributed by atoms with van der Waals surface area (Å²) in [5.74, 6) is 1.41. The summed E-state index contributed by atoms with van der Waals surface area (Å²) >= 11 is 0. The van der Waals surface area contributed by atoms with E-state index >= 15 is 0 Å². The van der Waals surface area contributed by atoms with Gasteiger partial charge in [0, 0.05) is 18.2 Å². The van der Waals surface area contributed by atoms with Crippen molar-refractivity contribution in [3.8, 4) is 11.5 Å². The predicted molar refractivity (Wildman–Crippen MR) is 85.5 cm³/mol. The molecule has 0 radical (unpaired) electrons. The van der Waals surface area contributed by atoms with Gasteiger partial charge in [0.2, 0.25) is 0 Å². The lowest BCUT2D eigenvalue weighted by atomic mass is 9.83. The first-order chi connectivity index (χ1) is 10.2. The standard InChI is InChI=1S/C17H28N2O2/c1-3-21-16-10-6-8-14(17(16)20)12-19(2)15-9-5-4-7-13(15)11-18/h6,8,10,13,15,20H,3-5,7,9,11-12,18H2,1-2H3. The van der Waals surface area contributed by atoms with Gasteiger partial charge in [-0.2, -0.15) is 0 Å². The number of nitrogens with two attached hydrogens (primary N) is 1. The highest BCUT2D eigenvalue weighted by Gasteiger charge is 2.27. The fourth-order valence-corrected chi connectivity index (χ4v) is 3.40. The molecule has 1 aromatic rings. The zero-order chi connectivity index (χ0) is 15.2. The van der Waals surface area contributed by atoms with E-state index in [4.69, 9.17) is 10.5 Å². The highest BCUT2D eigenvalue weighted by molar-refractivity contribution is 5.45. The number of para-hydroxylation sites is 1. The lowest BCUT2D eigenvalue weighted by molar-refractivity contribution is 0.126. The number of phenols is 1. The number of aromatic hydroxyl groups is 1. The topological polar surface area (TPSA) is 58.7 Å². The average molecular weight is 292 g/mol. The molecular weight excluding hydrogens is 264 g/mol. The number of hydrogen-bond acceptors (Lipinski definition) is 4. The van der Waals surface area contributed by atoms with E-state index in [1.807, 2.05) is 25.1 Å². The molecule has 0 bridgehead atoms. The molecule has 2 atom stereocenters. The molecule has 0 spiro atoms. The van der Waals surface area contributed by atoms with Crippen LogP contribution in [0.15, 0.2) is 18.2 Å². The summed E-state index contributed by atoms with van der Waals surface area (Å²) < 4.78 is 5.46. The van der Waals surface area contributed by atoms with Crippen LogP contribution in [0, 0.1) is 5.92 Å². The molecule has 0 aromatic heterocycles. The summed E-state index contributed by atoms with van der Waals surface area (Å²) in [6.07, 6.45) is 4.98. The van der Waals surface area contributed by atoms with E-state index in [1.54, 1.807) is 0 Å². The maximum absolute atomic E-state index is 10.3. The van der Waals surface area contributed by atoms with Crippen LogP contribution in [-0.2, 0) is 6.54 Å². The van der Waals surface area contributed by atoms with E-state index in [2.05, 4.69) is 11.9 Å². The fraction of sp³-hybridized carbons (Fsp3) is 0.647. The molecule has 0 aliphatic heterocycles. The Balaban J connectivity index is 2.08. The van der Waals surface area contributed by atoms with Crippen LogP contribution in [0.4, 0.5) is 0 Å². The molecule has 118 valence electrons. The molecule has 2 unspecified atom stereocenters. The first kappa shape index (κ1) is 16.1. The summed E-state index contributed by atoms with van der Waals surface area (Å²) in [6.45, 7) is 3.96. The minimum absolute atomic E-state index is 0.270. The van der Waals surface area contributed by atoms with Crippen LogP contribution in [-0.4, -0.2) is 36.2 Å². The van der Waals surface area contributed by atoms with Crippen molar-refractivity contribution in [1.82, 2.24) is 4.90 Å². The van der Waals surface area contributed by atoms with Gasteiger partial charge in [0.15, 0.2) is 11.5 Å². The van der Waals surface area contributed by atoms with Gasteiger partial charge >= 0.3 is 0 Å². The molecule has 0 saturated heterocycles. The Kier molecular flexibility index (Phi) is 5.88. The average Bonchev–Trinajstić information content (AvgIpc) is 2.51. The Morgan fingerprint density at radius 1 is 1.33 bits per heavy atom. The van der Waals surface area contributed by atoms with Crippen LogP contribution in [0.2, 0.25) is 0 Å². The predicted octanol–water partition coefficient (Wildman–Crippen LogP) is 2.74. The van der Waals surface area contributed by atoms with Gasteiger partial charge in [-0.05, 0) is 45.3 Å². The van der Waals surface area contributed by atoms with Crippen LogP contribution in [0.25, 0.3) is 0 Å². The summed E-state index contributed by atoms with van der Waals surface area (Å²) in [7, 11) is 2.13. The van der Waals surface area contributed by atoms with Gasteiger partial charge in [0.05, 0.1) is 6.61 Å². The van der Waals surface area contributed by atoms with E-state index in [0.717, 1.165) is 18.7 Å². The van der Waals surface area contributed by atoms with Crippen LogP contribution in [0.5, 0.6) is 11.5 Å². The van der Waals surface area contributed by atoms with Crippen LogP contribution in [0.3, 0.4) is 0 Å². The zero-order valence-electron chi connectivity index (χ0n) is 13.2. The van der Waals surface area contributed by atoms with Gasteiger partial charge in [0.1, 0.15) is 0 Å². The molecule has 2 rings (SSSR count). The lowest BCUT2D eigenvalue weighted by Crippen LogP contribution is -2.42. The maximum atomic E-state index is 10.3. The lowest BCUT2D eigenvalue weighted by Gasteiger charge is -2.37. The Bertz CT molecular complexity index is 450. The van der Waals surface area contributed by atoms with Gasteiger partial charge in [-0.1, -0.05) is 25.0 Å². The number of hydrogen-bond donors (Lipinski definition) is 2. The quantitative estimate of drug-likeness (QED) is 0.846. The number of phenolic OH excluding ortho intramolecular Hbond substituents is 1. The first-order valence-corrected chi connectivity index (χ1v) is 8.01. The second-order valence-electron chi connectivity index (χ2n) is 5.96. The van der Waals surface area contributed by atoms with Crippen molar-refractivity contribution in [3.05, 3.63) is 23.8 Å². The Labute approximate surface area is 127 Å². The highest BCUT2D eigenvalue weighted by atomic mass is 16.5. The normalized spacial score (nSPS) is 22.5. The van der Waals surface area contributed by atoms with Gasteiger partial charge in [-0.15, -0.1) is 0 Å². The third-order valence-corrected chi connectivity index (χ3v) is 4.54. The third-order valence-electron chi connectivity index (χ3n) is 4.54. The molecule has 1 aromatic carbocycles. The number of rotatable bonds is 6. The minimum atomic E-state index is 0.270. The zero-order valence-corrected chi connectivity index (χ0v) is 13.2. The van der Waals surface area contributed by atoms with Gasteiger partial charge in [-0.25, -0.2) is 0 Å². The summed E-state index contributed by atoms with van der Waals surface area (Å²) in [5.41, 5.74) is 6.84. The van der Waals surface area contributed by atoms with Crippen molar-refractivity contribution in [2.75, 3.05) is 20.2 Å². The molecule has 1 fully saturated rings. The van der Waals surface area contributed by atoms with E-state index in [-0.39, 0.29) is 5.75 Å². The molecule has 3 N–H and O–H groups in total. The molecular formula is C17H28N2O2. The van der Waals surface area contributed by atoms with Gasteiger partial charge in [0.25, 0.3) is 0 Å². The fourth-order valence-electron chi connectivity index (χ4n) is 3.40. The molecule has 1 aliphatic carbocycles. The Hall–Kier alpha value is -1.26. The number of ether oxygens (including phenoxy) is 1. The molecule has 21 heavy (non-hydrogen) atoms. The molecule has 1 aliphatic rings. The highest BCUT2D eigenvalue weighted by Crippen LogP contribution is 2.33. The van der Waals surface area contributed by atoms with Crippen molar-refractivity contribution in [1.29, 1.82) is 0 Å². The molecule has 0 amide bonds. The monoisotopic (exact) mass is 292 g/mol. The molecule has 0 heterocycles. The van der Waals surface area contributed by atoms with Gasteiger partial charge in [-0.3, -0.25) is 4.90 Å². The summed E-state index contributed by atoms with van der Waals surface area (Å²) in [6, 6.07) is 6.23. The number of benzene rings is 1. The summed E-state index contributed by atoms with van der Waals surface area (Å²) in [4.78, 5) is 2.33. The Morgan fingerprint density at radius 2 is 2.10 bits per heavy atom. The van der Waals surface area contributed by atoms with Crippen molar-refractivity contribution in [3.63, 3.8) is 0 Å². The van der Waals surface area contributed by atoms with Crippen LogP contribution >= 0.6 is 0 Å². The van der Waals surface area contributed by atoms with Crippen LogP contribution in [0.1, 0.15) is 38.2 Å². The molecule has 4 nitrogen and oxygen atoms in total. The molecule has 4 heteroatoms. The van der Waals surface area contributed by atoms with E-state index in [1.165, 1.54) is 25.7 Å². The Morgan fingerprint density at radius 3 is 2.81 bits per heavy atom. The van der Waals surface area contributed by atoms with E-state index < -0.39 is 0 Å². The second kappa shape index (κ2) is 7.66. The van der Waals surface area contributed by atoms with Crippen molar-refractivity contribution in [2.24, 2.45) is 11.7 Å². The van der Waals surface area contributed by atoms with Crippen molar-refractivity contribution >= 4 is 0 Å². The largest absolute Gasteiger partial charge is 0.504 e. The second-order valence-corrected chi connectivity index (χ2v) is 5.96. The van der Waals surface area contributed by atoms with E-state index in [0.29, 0.717) is 24.3 Å². The first-order valence-electron chi connectivity index (χ1n) is 8.01. The number of nitrogens with zero attached hydrogens (tertiary/aromatic N) is 1. The third kappa shape index (κ3) is 3.89. The minimum Gasteiger partial charge on any atom is -0.504 e. The molecule has 1 saturated carbocycles. The van der Waals surface area contributed by atoms with Gasteiger partial charge < -0.3 is 15.6 Å². The van der Waals surface area contributed by atoms with Crippen molar-refractivity contribution < 1.29 is 9.84 Å².